The maximum atomic E-state index is 13.3. The molecule has 6 heteroatoms. The zero-order valence-electron chi connectivity index (χ0n) is 9.11. The number of alkyl halides is 2. The second-order valence-electron chi connectivity index (χ2n) is 3.83. The molecule has 2 rings (SSSR count). The van der Waals surface area contributed by atoms with Crippen LogP contribution in [0.2, 0.25) is 0 Å². The zero-order valence-corrected chi connectivity index (χ0v) is 9.11. The topological polar surface area (TPSA) is 49.8 Å². The summed E-state index contributed by atoms with van der Waals surface area (Å²) in [6.07, 6.45) is 0. The van der Waals surface area contributed by atoms with Crippen LogP contribution in [0.5, 0.6) is 5.75 Å². The predicted molar refractivity (Wildman–Crippen MR) is 56.7 cm³/mol. The molecule has 1 heterocycles. The molecule has 0 saturated carbocycles. The highest BCUT2D eigenvalue weighted by atomic mass is 19.3. The van der Waals surface area contributed by atoms with E-state index >= 15 is 0 Å². The van der Waals surface area contributed by atoms with Crippen molar-refractivity contribution in [2.75, 3.05) is 25.1 Å². The molecule has 17 heavy (non-hydrogen) atoms. The van der Waals surface area contributed by atoms with Gasteiger partial charge in [0.15, 0.2) is 0 Å². The van der Waals surface area contributed by atoms with E-state index in [4.69, 9.17) is 9.84 Å². The number of hydrogen-bond acceptors (Lipinski definition) is 3. The molecule has 1 aromatic rings. The molecule has 0 aliphatic carbocycles. The largest absolute Gasteiger partial charge is 0.490 e. The SMILES string of the molecule is CN1CCOc2ccc(C(F)(F)C(=O)O)cc21. The number of carbonyl (C=O) groups is 1. The summed E-state index contributed by atoms with van der Waals surface area (Å²) in [6, 6.07) is 3.60. The van der Waals surface area contributed by atoms with Crippen molar-refractivity contribution in [1.82, 2.24) is 0 Å². The second-order valence-corrected chi connectivity index (χ2v) is 3.83. The van der Waals surface area contributed by atoms with E-state index < -0.39 is 17.5 Å². The fraction of sp³-hybridized carbons (Fsp3) is 0.364. The van der Waals surface area contributed by atoms with E-state index in [0.717, 1.165) is 12.1 Å². The van der Waals surface area contributed by atoms with Crippen LogP contribution in [0.25, 0.3) is 0 Å². The Morgan fingerprint density at radius 3 is 2.88 bits per heavy atom. The number of benzene rings is 1. The lowest BCUT2D eigenvalue weighted by atomic mass is 10.1. The van der Waals surface area contributed by atoms with Crippen LogP contribution in [-0.4, -0.2) is 31.3 Å². The van der Waals surface area contributed by atoms with Gasteiger partial charge in [0.2, 0.25) is 0 Å². The summed E-state index contributed by atoms with van der Waals surface area (Å²) in [5.41, 5.74) is -0.0595. The smallest absolute Gasteiger partial charge is 0.379 e. The number of halogens is 2. The molecule has 1 aliphatic heterocycles. The van der Waals surface area contributed by atoms with Crippen molar-refractivity contribution < 1.29 is 23.4 Å². The van der Waals surface area contributed by atoms with E-state index in [2.05, 4.69) is 0 Å². The van der Waals surface area contributed by atoms with E-state index in [0.29, 0.717) is 24.6 Å². The maximum absolute atomic E-state index is 13.3. The minimum Gasteiger partial charge on any atom is -0.490 e. The minimum atomic E-state index is -3.88. The summed E-state index contributed by atoms with van der Waals surface area (Å²) in [5.74, 6) is -5.55. The van der Waals surface area contributed by atoms with Gasteiger partial charge >= 0.3 is 11.9 Å². The van der Waals surface area contributed by atoms with Crippen molar-refractivity contribution in [3.63, 3.8) is 0 Å². The Morgan fingerprint density at radius 1 is 1.53 bits per heavy atom. The molecule has 0 spiro atoms. The van der Waals surface area contributed by atoms with Crippen molar-refractivity contribution >= 4 is 11.7 Å². The Morgan fingerprint density at radius 2 is 2.24 bits per heavy atom. The lowest BCUT2D eigenvalue weighted by molar-refractivity contribution is -0.166. The third-order valence-electron chi connectivity index (χ3n) is 2.69. The standard InChI is InChI=1S/C11H11F2NO3/c1-14-4-5-17-9-3-2-7(6-8(9)14)11(12,13)10(15)16/h2-3,6H,4-5H2,1H3,(H,15,16). The molecule has 0 atom stereocenters. The molecule has 0 amide bonds. The quantitative estimate of drug-likeness (QED) is 0.858. The Kier molecular flexibility index (Phi) is 2.65. The van der Waals surface area contributed by atoms with E-state index in [1.54, 1.807) is 11.9 Å². The lowest BCUT2D eigenvalue weighted by Crippen LogP contribution is -2.30. The fourth-order valence-electron chi connectivity index (χ4n) is 1.67. The monoisotopic (exact) mass is 243 g/mol. The Hall–Kier alpha value is -1.85. The molecule has 0 saturated heterocycles. The summed E-state index contributed by atoms with van der Waals surface area (Å²) in [5, 5.41) is 8.47. The molecule has 0 radical (unpaired) electrons. The summed E-state index contributed by atoms with van der Waals surface area (Å²) in [6.45, 7) is 1.06. The molecule has 0 aromatic heterocycles. The summed E-state index contributed by atoms with van der Waals surface area (Å²) >= 11 is 0. The van der Waals surface area contributed by atoms with Gasteiger partial charge in [-0.05, 0) is 18.2 Å². The average molecular weight is 243 g/mol. The van der Waals surface area contributed by atoms with E-state index in [1.807, 2.05) is 0 Å². The Balaban J connectivity index is 2.46. The highest BCUT2D eigenvalue weighted by Gasteiger charge is 2.41. The van der Waals surface area contributed by atoms with Crippen LogP contribution < -0.4 is 9.64 Å². The van der Waals surface area contributed by atoms with Gasteiger partial charge in [-0.3, -0.25) is 0 Å². The van der Waals surface area contributed by atoms with Crippen LogP contribution in [0.3, 0.4) is 0 Å². The van der Waals surface area contributed by atoms with Gasteiger partial charge in [-0.25, -0.2) is 4.79 Å². The third-order valence-corrected chi connectivity index (χ3v) is 2.69. The molecule has 1 aliphatic rings. The molecule has 4 nitrogen and oxygen atoms in total. The minimum absolute atomic E-state index is 0.481. The number of fused-ring (bicyclic) bond motifs is 1. The molecule has 1 aromatic carbocycles. The summed E-state index contributed by atoms with van der Waals surface area (Å²) in [4.78, 5) is 12.2. The van der Waals surface area contributed by atoms with E-state index in [9.17, 15) is 13.6 Å². The Labute approximate surface area is 96.4 Å². The van der Waals surface area contributed by atoms with Gasteiger partial charge in [0.05, 0.1) is 12.2 Å². The fourth-order valence-corrected chi connectivity index (χ4v) is 1.67. The number of carboxylic acids is 1. The number of rotatable bonds is 2. The number of ether oxygens (including phenoxy) is 1. The van der Waals surface area contributed by atoms with Crippen molar-refractivity contribution in [2.24, 2.45) is 0 Å². The number of likely N-dealkylation sites (N-methyl/N-ethyl adjacent to an activating group) is 1. The van der Waals surface area contributed by atoms with Crippen LogP contribution in [0.15, 0.2) is 18.2 Å². The summed E-state index contributed by atoms with van der Waals surface area (Å²) in [7, 11) is 1.74. The number of aliphatic carboxylic acids is 1. The maximum Gasteiger partial charge on any atom is 0.379 e. The lowest BCUT2D eigenvalue weighted by Gasteiger charge is -2.28. The van der Waals surface area contributed by atoms with Gasteiger partial charge in [0.1, 0.15) is 12.4 Å². The molecule has 0 unspecified atom stereocenters. The van der Waals surface area contributed by atoms with E-state index in [-0.39, 0.29) is 0 Å². The van der Waals surface area contributed by atoms with Gasteiger partial charge in [0.25, 0.3) is 0 Å². The van der Waals surface area contributed by atoms with Crippen molar-refractivity contribution in [2.45, 2.75) is 5.92 Å². The first-order chi connectivity index (χ1) is 7.93. The van der Waals surface area contributed by atoms with Crippen LogP contribution in [-0.2, 0) is 10.7 Å². The molecule has 1 N–H and O–H groups in total. The third kappa shape index (κ3) is 1.90. The van der Waals surface area contributed by atoms with Crippen molar-refractivity contribution in [3.8, 4) is 5.75 Å². The van der Waals surface area contributed by atoms with Crippen LogP contribution in [0.4, 0.5) is 14.5 Å². The molecular weight excluding hydrogens is 232 g/mol. The highest BCUT2D eigenvalue weighted by Crippen LogP contribution is 2.37. The van der Waals surface area contributed by atoms with Crippen molar-refractivity contribution in [3.05, 3.63) is 23.8 Å². The van der Waals surface area contributed by atoms with Crippen LogP contribution in [0.1, 0.15) is 5.56 Å². The first kappa shape index (κ1) is 11.6. The highest BCUT2D eigenvalue weighted by molar-refractivity contribution is 5.78. The molecule has 92 valence electrons. The predicted octanol–water partition coefficient (Wildman–Crippen LogP) is 1.69. The van der Waals surface area contributed by atoms with Crippen LogP contribution >= 0.6 is 0 Å². The number of nitrogens with zero attached hydrogens (tertiary/aromatic N) is 1. The van der Waals surface area contributed by atoms with E-state index in [1.165, 1.54) is 6.07 Å². The molecule has 0 fully saturated rings. The van der Waals surface area contributed by atoms with Crippen LogP contribution in [0, 0.1) is 0 Å². The first-order valence-electron chi connectivity index (χ1n) is 5.02. The number of hydrogen-bond donors (Lipinski definition) is 1. The summed E-state index contributed by atoms with van der Waals surface area (Å²) < 4.78 is 31.9. The van der Waals surface area contributed by atoms with Gasteiger partial charge < -0.3 is 14.7 Å². The zero-order chi connectivity index (χ0) is 12.6. The average Bonchev–Trinajstić information content (AvgIpc) is 2.29. The second kappa shape index (κ2) is 3.87. The van der Waals surface area contributed by atoms with Crippen molar-refractivity contribution in [1.29, 1.82) is 0 Å². The molecular formula is C11H11F2NO3. The number of carboxylic acid groups (broad SMARTS) is 1. The number of anilines is 1. The Bertz CT molecular complexity index is 462. The molecule has 0 bridgehead atoms. The van der Waals surface area contributed by atoms with Gasteiger partial charge in [0, 0.05) is 12.6 Å². The van der Waals surface area contributed by atoms with Gasteiger partial charge in [-0.2, -0.15) is 8.78 Å². The first-order valence-corrected chi connectivity index (χ1v) is 5.02. The van der Waals surface area contributed by atoms with Gasteiger partial charge in [-0.15, -0.1) is 0 Å². The normalized spacial score (nSPS) is 15.1. The van der Waals surface area contributed by atoms with Gasteiger partial charge in [-0.1, -0.05) is 0 Å².